The minimum absolute atomic E-state index is 0.0570. The first-order chi connectivity index (χ1) is 7.21. The molecular formula is C12H19BO3. The number of rotatable bonds is 3. The van der Waals surface area contributed by atoms with Crippen molar-refractivity contribution >= 4 is 7.12 Å². The van der Waals surface area contributed by atoms with Gasteiger partial charge in [0.15, 0.2) is 0 Å². The molecule has 1 fully saturated rings. The van der Waals surface area contributed by atoms with Gasteiger partial charge in [0, 0.05) is 5.47 Å². The third-order valence-electron chi connectivity index (χ3n) is 3.14. The number of aliphatic hydroxyl groups excluding tert-OH is 1. The lowest BCUT2D eigenvalue weighted by molar-refractivity contribution is 0.00578. The van der Waals surface area contributed by atoms with E-state index in [4.69, 9.17) is 9.31 Å². The molecule has 0 radical (unpaired) electrons. The molecule has 0 aromatic heterocycles. The van der Waals surface area contributed by atoms with E-state index in [1.807, 2.05) is 27.7 Å². The van der Waals surface area contributed by atoms with Crippen LogP contribution in [0.5, 0.6) is 0 Å². The monoisotopic (exact) mass is 222 g/mol. The predicted molar refractivity (Wildman–Crippen MR) is 66.1 cm³/mol. The summed E-state index contributed by atoms with van der Waals surface area (Å²) in [6.07, 6.45) is 3.21. The van der Waals surface area contributed by atoms with Crippen LogP contribution in [0.15, 0.2) is 36.5 Å². The molecule has 16 heavy (non-hydrogen) atoms. The molecule has 1 aliphatic heterocycles. The second-order valence-corrected chi connectivity index (χ2v) is 4.89. The van der Waals surface area contributed by atoms with Gasteiger partial charge in [-0.05, 0) is 27.7 Å². The summed E-state index contributed by atoms with van der Waals surface area (Å²) in [7, 11) is -0.597. The quantitative estimate of drug-likeness (QED) is 0.453. The summed E-state index contributed by atoms with van der Waals surface area (Å²) < 4.78 is 11.6. The zero-order valence-corrected chi connectivity index (χ0v) is 10.4. The van der Waals surface area contributed by atoms with Crippen LogP contribution in [-0.4, -0.2) is 23.4 Å². The molecule has 0 aromatic rings. The number of hydrogen-bond acceptors (Lipinski definition) is 3. The molecule has 88 valence electrons. The van der Waals surface area contributed by atoms with Crippen molar-refractivity contribution in [2.75, 3.05) is 0 Å². The summed E-state index contributed by atoms with van der Waals surface area (Å²) in [5.41, 5.74) is -0.338. The van der Waals surface area contributed by atoms with E-state index < -0.39 is 18.3 Å². The maximum Gasteiger partial charge on any atom is 0.498 e. The summed E-state index contributed by atoms with van der Waals surface area (Å²) in [4.78, 5) is 0. The normalized spacial score (nSPS) is 23.2. The highest BCUT2D eigenvalue weighted by Crippen LogP contribution is 2.39. The number of aliphatic hydroxyl groups is 1. The maximum atomic E-state index is 9.47. The van der Waals surface area contributed by atoms with Gasteiger partial charge in [0.05, 0.1) is 11.2 Å². The van der Waals surface area contributed by atoms with Gasteiger partial charge >= 0.3 is 7.12 Å². The van der Waals surface area contributed by atoms with Crippen molar-refractivity contribution in [2.45, 2.75) is 38.9 Å². The smallest absolute Gasteiger partial charge is 0.498 e. The Labute approximate surface area is 97.6 Å². The van der Waals surface area contributed by atoms with Crippen LogP contribution in [0.2, 0.25) is 0 Å². The summed E-state index contributed by atoms with van der Waals surface area (Å²) >= 11 is 0. The zero-order valence-electron chi connectivity index (χ0n) is 10.4. The average molecular weight is 222 g/mol. The van der Waals surface area contributed by atoms with E-state index >= 15 is 0 Å². The lowest BCUT2D eigenvalue weighted by Crippen LogP contribution is -2.41. The molecule has 4 heteroatoms. The molecule has 0 unspecified atom stereocenters. The van der Waals surface area contributed by atoms with Crippen LogP contribution in [0.3, 0.4) is 0 Å². The van der Waals surface area contributed by atoms with E-state index in [2.05, 4.69) is 13.2 Å². The van der Waals surface area contributed by atoms with Crippen LogP contribution in [0.25, 0.3) is 0 Å². The summed E-state index contributed by atoms with van der Waals surface area (Å²) in [6.45, 7) is 14.9. The third-order valence-corrected chi connectivity index (χ3v) is 3.14. The van der Waals surface area contributed by atoms with Crippen molar-refractivity contribution in [3.8, 4) is 0 Å². The minimum atomic E-state index is -0.597. The Morgan fingerprint density at radius 1 is 1.19 bits per heavy atom. The van der Waals surface area contributed by atoms with Crippen LogP contribution >= 0.6 is 0 Å². The van der Waals surface area contributed by atoms with Gasteiger partial charge in [-0.15, -0.1) is 0 Å². The Kier molecular flexibility index (Phi) is 3.36. The fourth-order valence-corrected chi connectivity index (χ4v) is 1.41. The van der Waals surface area contributed by atoms with Gasteiger partial charge in [-0.25, -0.2) is 0 Å². The first kappa shape index (κ1) is 13.1. The molecule has 0 spiro atoms. The van der Waals surface area contributed by atoms with Crippen LogP contribution < -0.4 is 0 Å². The van der Waals surface area contributed by atoms with Crippen molar-refractivity contribution in [3.05, 3.63) is 36.5 Å². The Hall–Kier alpha value is -0.995. The molecule has 0 saturated carbocycles. The van der Waals surface area contributed by atoms with Crippen molar-refractivity contribution < 1.29 is 14.4 Å². The van der Waals surface area contributed by atoms with Crippen LogP contribution in [0.1, 0.15) is 27.7 Å². The van der Waals surface area contributed by atoms with Gasteiger partial charge in [0.2, 0.25) is 0 Å². The number of allylic oxidation sites excluding steroid dienone is 3. The molecule has 0 amide bonds. The zero-order chi connectivity index (χ0) is 12.6. The molecule has 0 aromatic carbocycles. The molecule has 1 rings (SSSR count). The van der Waals surface area contributed by atoms with E-state index in [1.165, 1.54) is 0 Å². The lowest BCUT2D eigenvalue weighted by Gasteiger charge is -2.32. The first-order valence-corrected chi connectivity index (χ1v) is 5.28. The first-order valence-electron chi connectivity index (χ1n) is 5.28. The van der Waals surface area contributed by atoms with Gasteiger partial charge in [-0.2, -0.15) is 0 Å². The fraction of sp³-hybridized carbons (Fsp3) is 0.500. The van der Waals surface area contributed by atoms with Gasteiger partial charge < -0.3 is 14.4 Å². The van der Waals surface area contributed by atoms with Crippen molar-refractivity contribution in [2.24, 2.45) is 0 Å². The average Bonchev–Trinajstić information content (AvgIpc) is 2.31. The minimum Gasteiger partial charge on any atom is -0.509 e. The second kappa shape index (κ2) is 4.11. The fourth-order valence-electron chi connectivity index (χ4n) is 1.41. The largest absolute Gasteiger partial charge is 0.509 e. The SMILES string of the molecule is C=C/C=C(/B1OC(C)(C)C(C)(C)O1)C(=C)O. The molecule has 1 N–H and O–H groups in total. The Morgan fingerprint density at radius 3 is 1.94 bits per heavy atom. The topological polar surface area (TPSA) is 38.7 Å². The summed E-state index contributed by atoms with van der Waals surface area (Å²) in [6, 6.07) is 0. The summed E-state index contributed by atoms with van der Waals surface area (Å²) in [5.74, 6) is -0.0570. The van der Waals surface area contributed by atoms with E-state index in [1.54, 1.807) is 12.2 Å². The Bertz CT molecular complexity index is 326. The standard InChI is InChI=1S/C12H19BO3/c1-7-8-10(9(2)14)13-15-11(3,4)12(5,6)16-13/h7-8,14H,1-2H2,3-6H3/b10-8+. The van der Waals surface area contributed by atoms with Crippen LogP contribution in [0.4, 0.5) is 0 Å². The maximum absolute atomic E-state index is 9.47. The molecule has 0 atom stereocenters. The molecule has 1 heterocycles. The molecule has 1 saturated heterocycles. The van der Waals surface area contributed by atoms with E-state index in [-0.39, 0.29) is 5.76 Å². The van der Waals surface area contributed by atoms with Crippen molar-refractivity contribution in [1.82, 2.24) is 0 Å². The summed E-state index contributed by atoms with van der Waals surface area (Å²) in [5, 5.41) is 9.47. The van der Waals surface area contributed by atoms with Gasteiger partial charge in [-0.1, -0.05) is 25.3 Å². The van der Waals surface area contributed by atoms with Gasteiger partial charge in [0.25, 0.3) is 0 Å². The van der Waals surface area contributed by atoms with Crippen LogP contribution in [0, 0.1) is 0 Å². The molecule has 0 aliphatic carbocycles. The molecular weight excluding hydrogens is 203 g/mol. The Balaban J connectivity index is 2.98. The lowest BCUT2D eigenvalue weighted by atomic mass is 9.77. The van der Waals surface area contributed by atoms with Gasteiger partial charge in [0.1, 0.15) is 5.76 Å². The highest BCUT2D eigenvalue weighted by Gasteiger charge is 2.52. The van der Waals surface area contributed by atoms with E-state index in [9.17, 15) is 5.11 Å². The van der Waals surface area contributed by atoms with E-state index in [0.29, 0.717) is 5.47 Å². The second-order valence-electron chi connectivity index (χ2n) is 4.89. The molecule has 3 nitrogen and oxygen atoms in total. The number of hydrogen-bond donors (Lipinski definition) is 1. The van der Waals surface area contributed by atoms with Crippen molar-refractivity contribution in [1.29, 1.82) is 0 Å². The third kappa shape index (κ3) is 2.23. The van der Waals surface area contributed by atoms with Crippen molar-refractivity contribution in [3.63, 3.8) is 0 Å². The highest BCUT2D eigenvalue weighted by atomic mass is 16.7. The Morgan fingerprint density at radius 2 is 1.62 bits per heavy atom. The van der Waals surface area contributed by atoms with E-state index in [0.717, 1.165) is 0 Å². The molecule has 0 bridgehead atoms. The van der Waals surface area contributed by atoms with Crippen LogP contribution in [-0.2, 0) is 9.31 Å². The highest BCUT2D eigenvalue weighted by molar-refractivity contribution is 6.56. The molecule has 1 aliphatic rings. The van der Waals surface area contributed by atoms with Gasteiger partial charge in [-0.3, -0.25) is 0 Å². The predicted octanol–water partition coefficient (Wildman–Crippen LogP) is 2.80.